The van der Waals surface area contributed by atoms with Gasteiger partial charge in [-0.1, -0.05) is 90.4 Å². The van der Waals surface area contributed by atoms with E-state index < -0.39 is 0 Å². The Morgan fingerprint density at radius 1 is 1.00 bits per heavy atom. The van der Waals surface area contributed by atoms with Crippen LogP contribution in [0.1, 0.15) is 57.6 Å². The molecule has 0 spiro atoms. The first-order chi connectivity index (χ1) is 12.7. The van der Waals surface area contributed by atoms with Crippen molar-refractivity contribution in [3.63, 3.8) is 0 Å². The second kappa shape index (κ2) is 10.1. The van der Waals surface area contributed by atoms with Crippen LogP contribution < -0.4 is 10.6 Å². The van der Waals surface area contributed by atoms with Gasteiger partial charge >= 0.3 is 0 Å². The van der Waals surface area contributed by atoms with Gasteiger partial charge in [0.05, 0.1) is 0 Å². The Morgan fingerprint density at radius 3 is 2.46 bits per heavy atom. The van der Waals surface area contributed by atoms with Crippen LogP contribution in [0, 0.1) is 5.92 Å². The van der Waals surface area contributed by atoms with Gasteiger partial charge in [0.2, 0.25) is 0 Å². The summed E-state index contributed by atoms with van der Waals surface area (Å²) in [5.41, 5.74) is 2.94. The van der Waals surface area contributed by atoms with Crippen molar-refractivity contribution in [2.45, 2.75) is 42.7 Å². The molecule has 2 N–H and O–H groups in total. The summed E-state index contributed by atoms with van der Waals surface area (Å²) in [6.07, 6.45) is 6.79. The Morgan fingerprint density at radius 2 is 1.69 bits per heavy atom. The molecule has 1 amide bonds. The molecule has 0 heterocycles. The number of halogens is 1. The van der Waals surface area contributed by atoms with Crippen molar-refractivity contribution in [3.05, 3.63) is 71.3 Å². The summed E-state index contributed by atoms with van der Waals surface area (Å²) in [7, 11) is 0. The summed E-state index contributed by atoms with van der Waals surface area (Å²) in [6, 6.07) is 18.0. The zero-order valence-electron chi connectivity index (χ0n) is 15.1. The van der Waals surface area contributed by atoms with Crippen LogP contribution in [0.15, 0.2) is 54.6 Å². The molecule has 0 saturated heterocycles. The van der Waals surface area contributed by atoms with E-state index in [9.17, 15) is 4.79 Å². The Labute approximate surface area is 170 Å². The third-order valence-electron chi connectivity index (χ3n) is 5.09. The Kier molecular flexibility index (Phi) is 7.50. The molecule has 1 atom stereocenters. The molecule has 26 heavy (non-hydrogen) atoms. The second-order valence-electron chi connectivity index (χ2n) is 7.04. The van der Waals surface area contributed by atoms with Crippen molar-refractivity contribution in [1.82, 2.24) is 10.6 Å². The highest BCUT2D eigenvalue weighted by atomic mass is 127. The third kappa shape index (κ3) is 5.55. The molecule has 1 fully saturated rings. The number of hydrogen-bond acceptors (Lipinski definition) is 2. The van der Waals surface area contributed by atoms with Gasteiger partial charge in [0.1, 0.15) is 4.05 Å². The summed E-state index contributed by atoms with van der Waals surface area (Å²) in [6.45, 7) is 1.80. The van der Waals surface area contributed by atoms with Crippen LogP contribution in [-0.4, -0.2) is 12.5 Å². The molecule has 2 aromatic carbocycles. The smallest absolute Gasteiger partial charge is 0.252 e. The maximum atomic E-state index is 12.8. The first-order valence-electron chi connectivity index (χ1n) is 9.52. The summed E-state index contributed by atoms with van der Waals surface area (Å²) < 4.78 is -0.0374. The van der Waals surface area contributed by atoms with E-state index in [0.717, 1.165) is 35.7 Å². The number of carbonyl (C=O) groups is 1. The second-order valence-corrected chi connectivity index (χ2v) is 8.28. The quantitative estimate of drug-likeness (QED) is 0.337. The molecule has 0 bridgehead atoms. The van der Waals surface area contributed by atoms with Gasteiger partial charge in [0, 0.05) is 12.1 Å². The number of benzene rings is 2. The molecular weight excluding hydrogens is 435 g/mol. The first kappa shape index (κ1) is 19.4. The van der Waals surface area contributed by atoms with Crippen LogP contribution in [-0.2, 0) is 6.54 Å². The summed E-state index contributed by atoms with van der Waals surface area (Å²) in [5.74, 6) is 0.782. The van der Waals surface area contributed by atoms with Crippen molar-refractivity contribution in [3.8, 4) is 0 Å². The van der Waals surface area contributed by atoms with Crippen LogP contribution in [0.4, 0.5) is 0 Å². The summed E-state index contributed by atoms with van der Waals surface area (Å²) in [4.78, 5) is 12.8. The van der Waals surface area contributed by atoms with Gasteiger partial charge in [0.25, 0.3) is 5.91 Å². The Bertz CT molecular complexity index is 698. The average molecular weight is 462 g/mol. The van der Waals surface area contributed by atoms with Gasteiger partial charge in [-0.05, 0) is 42.5 Å². The van der Waals surface area contributed by atoms with E-state index >= 15 is 0 Å². The number of carbonyl (C=O) groups excluding carboxylic acids is 1. The maximum absolute atomic E-state index is 12.8. The van der Waals surface area contributed by atoms with Gasteiger partial charge in [0.15, 0.2) is 0 Å². The van der Waals surface area contributed by atoms with E-state index in [1.165, 1.54) is 32.1 Å². The predicted octanol–water partition coefficient (Wildman–Crippen LogP) is 5.22. The molecule has 0 radical (unpaired) electrons. The van der Waals surface area contributed by atoms with Crippen molar-refractivity contribution in [1.29, 1.82) is 0 Å². The molecule has 1 aliphatic rings. The number of amides is 1. The molecular formula is C22H27IN2O. The highest BCUT2D eigenvalue weighted by molar-refractivity contribution is 14.1. The van der Waals surface area contributed by atoms with E-state index in [1.54, 1.807) is 0 Å². The van der Waals surface area contributed by atoms with Crippen LogP contribution in [0.5, 0.6) is 0 Å². The third-order valence-corrected chi connectivity index (χ3v) is 6.12. The van der Waals surface area contributed by atoms with E-state index in [2.05, 4.69) is 33.2 Å². The number of nitrogens with one attached hydrogen (secondary N) is 2. The lowest BCUT2D eigenvalue weighted by Crippen LogP contribution is -2.28. The van der Waals surface area contributed by atoms with Gasteiger partial charge in [-0.2, -0.15) is 0 Å². The van der Waals surface area contributed by atoms with E-state index in [0.29, 0.717) is 0 Å². The molecule has 0 aromatic heterocycles. The fourth-order valence-corrected chi connectivity index (χ4v) is 4.29. The van der Waals surface area contributed by atoms with Gasteiger partial charge in [-0.15, -0.1) is 0 Å². The molecule has 138 valence electrons. The highest BCUT2D eigenvalue weighted by Gasteiger charge is 2.16. The molecule has 2 aromatic rings. The van der Waals surface area contributed by atoms with Gasteiger partial charge in [-0.3, -0.25) is 4.79 Å². The lowest BCUT2D eigenvalue weighted by Gasteiger charge is -2.22. The van der Waals surface area contributed by atoms with Crippen molar-refractivity contribution in [2.24, 2.45) is 5.92 Å². The molecule has 4 heteroatoms. The molecule has 0 aliphatic heterocycles. The van der Waals surface area contributed by atoms with Crippen LogP contribution in [0.3, 0.4) is 0 Å². The molecule has 3 rings (SSSR count). The first-order valence-corrected chi connectivity index (χ1v) is 10.8. The SMILES string of the molecule is O=C(N[C@@H](I)c1ccccc1)c1ccccc1CNCC1CCCCC1. The van der Waals surface area contributed by atoms with Crippen LogP contribution in [0.25, 0.3) is 0 Å². The lowest BCUT2D eigenvalue weighted by molar-refractivity contribution is 0.0950. The molecule has 1 saturated carbocycles. The summed E-state index contributed by atoms with van der Waals surface area (Å²) in [5, 5.41) is 6.68. The average Bonchev–Trinajstić information content (AvgIpc) is 2.70. The standard InChI is InChI=1S/C22H27IN2O/c23-21(18-11-5-2-6-12-18)25-22(26)20-14-8-7-13-19(20)16-24-15-17-9-3-1-4-10-17/h2,5-8,11-14,17,21,24H,1,3-4,9-10,15-16H2,(H,25,26)/t21-/m1/s1. The topological polar surface area (TPSA) is 41.1 Å². The Balaban J connectivity index is 1.58. The molecule has 1 aliphatic carbocycles. The number of rotatable bonds is 7. The Hall–Kier alpha value is -1.40. The number of hydrogen-bond donors (Lipinski definition) is 2. The lowest BCUT2D eigenvalue weighted by atomic mass is 9.89. The van der Waals surface area contributed by atoms with Crippen LogP contribution in [0.2, 0.25) is 0 Å². The fraction of sp³-hybridized carbons (Fsp3) is 0.409. The van der Waals surface area contributed by atoms with E-state index in [-0.39, 0.29) is 9.96 Å². The predicted molar refractivity (Wildman–Crippen MR) is 115 cm³/mol. The summed E-state index contributed by atoms with van der Waals surface area (Å²) >= 11 is 2.27. The van der Waals surface area contributed by atoms with Gasteiger partial charge in [-0.25, -0.2) is 0 Å². The minimum absolute atomic E-state index is 0.0108. The minimum atomic E-state index is -0.0374. The van der Waals surface area contributed by atoms with E-state index in [1.807, 2.05) is 54.6 Å². The van der Waals surface area contributed by atoms with Crippen molar-refractivity contribution < 1.29 is 4.79 Å². The largest absolute Gasteiger partial charge is 0.336 e. The van der Waals surface area contributed by atoms with Crippen molar-refractivity contribution in [2.75, 3.05) is 6.54 Å². The maximum Gasteiger partial charge on any atom is 0.252 e. The fourth-order valence-electron chi connectivity index (χ4n) is 3.60. The normalized spacial score (nSPS) is 16.2. The highest BCUT2D eigenvalue weighted by Crippen LogP contribution is 2.23. The number of alkyl halides is 1. The zero-order valence-corrected chi connectivity index (χ0v) is 17.2. The monoisotopic (exact) mass is 462 g/mol. The molecule has 0 unspecified atom stereocenters. The minimum Gasteiger partial charge on any atom is -0.336 e. The van der Waals surface area contributed by atoms with Crippen LogP contribution >= 0.6 is 22.6 Å². The zero-order chi connectivity index (χ0) is 18.2. The van der Waals surface area contributed by atoms with E-state index in [4.69, 9.17) is 0 Å². The molecule has 3 nitrogen and oxygen atoms in total. The van der Waals surface area contributed by atoms with Gasteiger partial charge < -0.3 is 10.6 Å². The van der Waals surface area contributed by atoms with Crippen molar-refractivity contribution >= 4 is 28.5 Å².